The maximum atomic E-state index is 6.37. The molecular formula is C15H24N2. The van der Waals surface area contributed by atoms with Crippen LogP contribution in [-0.2, 0) is 6.54 Å². The Balaban J connectivity index is 1.76. The molecule has 0 bridgehead atoms. The predicted molar refractivity (Wildman–Crippen MR) is 72.8 cm³/mol. The lowest BCUT2D eigenvalue weighted by molar-refractivity contribution is 0.273. The Kier molecular flexibility index (Phi) is 4.19. The summed E-state index contributed by atoms with van der Waals surface area (Å²) < 4.78 is 0. The van der Waals surface area contributed by atoms with Crippen molar-refractivity contribution in [3.63, 3.8) is 0 Å². The van der Waals surface area contributed by atoms with Gasteiger partial charge in [-0.15, -0.1) is 0 Å². The van der Waals surface area contributed by atoms with E-state index in [1.165, 1.54) is 31.2 Å². The van der Waals surface area contributed by atoms with Gasteiger partial charge in [0.2, 0.25) is 0 Å². The standard InChI is InChI=1S/C15H24N2/c1-17(13-14-7-3-2-4-8-14)12-11-15(16)9-5-6-10-15/h2-4,7-8H,5-6,9-13,16H2,1H3. The van der Waals surface area contributed by atoms with Crippen molar-refractivity contribution in [3.8, 4) is 0 Å². The molecule has 0 amide bonds. The summed E-state index contributed by atoms with van der Waals surface area (Å²) >= 11 is 0. The van der Waals surface area contributed by atoms with Gasteiger partial charge in [0.15, 0.2) is 0 Å². The number of hydrogen-bond donors (Lipinski definition) is 1. The smallest absolute Gasteiger partial charge is 0.0230 e. The van der Waals surface area contributed by atoms with Crippen molar-refractivity contribution < 1.29 is 0 Å². The second kappa shape index (κ2) is 5.65. The third-order valence-corrected chi connectivity index (χ3v) is 3.89. The lowest BCUT2D eigenvalue weighted by Crippen LogP contribution is -2.39. The Bertz CT molecular complexity index is 328. The lowest BCUT2D eigenvalue weighted by atomic mass is 9.94. The second-order valence-corrected chi connectivity index (χ2v) is 5.54. The normalized spacial score (nSPS) is 18.8. The van der Waals surface area contributed by atoms with Gasteiger partial charge >= 0.3 is 0 Å². The van der Waals surface area contributed by atoms with Crippen molar-refractivity contribution in [2.24, 2.45) is 5.73 Å². The van der Waals surface area contributed by atoms with E-state index in [4.69, 9.17) is 5.73 Å². The summed E-state index contributed by atoms with van der Waals surface area (Å²) in [5.74, 6) is 0. The molecule has 0 aliphatic heterocycles. The van der Waals surface area contributed by atoms with E-state index in [2.05, 4.69) is 42.3 Å². The Hall–Kier alpha value is -0.860. The van der Waals surface area contributed by atoms with Gasteiger partial charge in [-0.25, -0.2) is 0 Å². The van der Waals surface area contributed by atoms with Gasteiger partial charge < -0.3 is 10.6 Å². The molecule has 0 spiro atoms. The largest absolute Gasteiger partial charge is 0.325 e. The van der Waals surface area contributed by atoms with Crippen LogP contribution in [0.15, 0.2) is 30.3 Å². The molecule has 1 aliphatic carbocycles. The molecule has 0 aromatic heterocycles. The van der Waals surface area contributed by atoms with Crippen LogP contribution in [0, 0.1) is 0 Å². The van der Waals surface area contributed by atoms with E-state index in [9.17, 15) is 0 Å². The Morgan fingerprint density at radius 3 is 2.47 bits per heavy atom. The molecule has 1 aromatic rings. The zero-order valence-electron chi connectivity index (χ0n) is 10.9. The fourth-order valence-corrected chi connectivity index (χ4v) is 2.72. The van der Waals surface area contributed by atoms with Gasteiger partial charge in [-0.2, -0.15) is 0 Å². The summed E-state index contributed by atoms with van der Waals surface area (Å²) in [5.41, 5.74) is 7.89. The highest BCUT2D eigenvalue weighted by Crippen LogP contribution is 2.30. The molecule has 1 fully saturated rings. The average molecular weight is 232 g/mol. The molecule has 1 aromatic carbocycles. The first-order valence-electron chi connectivity index (χ1n) is 6.69. The minimum absolute atomic E-state index is 0.130. The second-order valence-electron chi connectivity index (χ2n) is 5.54. The minimum Gasteiger partial charge on any atom is -0.325 e. The van der Waals surface area contributed by atoms with Crippen LogP contribution in [0.1, 0.15) is 37.7 Å². The topological polar surface area (TPSA) is 29.3 Å². The zero-order chi connectivity index (χ0) is 12.1. The van der Waals surface area contributed by atoms with E-state index in [0.29, 0.717) is 0 Å². The summed E-state index contributed by atoms with van der Waals surface area (Å²) in [6, 6.07) is 10.6. The molecule has 0 saturated heterocycles. The highest BCUT2D eigenvalue weighted by molar-refractivity contribution is 5.14. The number of rotatable bonds is 5. The zero-order valence-corrected chi connectivity index (χ0v) is 10.9. The third kappa shape index (κ3) is 3.83. The first kappa shape index (κ1) is 12.6. The number of hydrogen-bond acceptors (Lipinski definition) is 2. The fourth-order valence-electron chi connectivity index (χ4n) is 2.72. The van der Waals surface area contributed by atoms with Gasteiger partial charge in [0, 0.05) is 12.1 Å². The number of nitrogens with two attached hydrogens (primary N) is 1. The highest BCUT2D eigenvalue weighted by Gasteiger charge is 2.28. The first-order valence-corrected chi connectivity index (χ1v) is 6.69. The van der Waals surface area contributed by atoms with Crippen LogP contribution in [0.25, 0.3) is 0 Å². The molecule has 17 heavy (non-hydrogen) atoms. The molecule has 0 heterocycles. The van der Waals surface area contributed by atoms with E-state index >= 15 is 0 Å². The van der Waals surface area contributed by atoms with E-state index in [-0.39, 0.29) is 5.54 Å². The van der Waals surface area contributed by atoms with E-state index in [0.717, 1.165) is 19.5 Å². The van der Waals surface area contributed by atoms with E-state index in [1.54, 1.807) is 0 Å². The molecule has 0 unspecified atom stereocenters. The predicted octanol–water partition coefficient (Wildman–Crippen LogP) is 2.78. The molecular weight excluding hydrogens is 208 g/mol. The summed E-state index contributed by atoms with van der Waals surface area (Å²) in [6.45, 7) is 2.13. The summed E-state index contributed by atoms with van der Waals surface area (Å²) in [4.78, 5) is 2.38. The molecule has 0 radical (unpaired) electrons. The highest BCUT2D eigenvalue weighted by atomic mass is 15.1. The van der Waals surface area contributed by atoms with Gasteiger partial charge in [-0.1, -0.05) is 43.2 Å². The molecule has 1 aliphatic rings. The van der Waals surface area contributed by atoms with E-state index in [1.807, 2.05) is 0 Å². The van der Waals surface area contributed by atoms with Crippen molar-refractivity contribution in [2.75, 3.05) is 13.6 Å². The maximum Gasteiger partial charge on any atom is 0.0230 e. The fraction of sp³-hybridized carbons (Fsp3) is 0.600. The summed E-state index contributed by atoms with van der Waals surface area (Å²) in [7, 11) is 2.19. The van der Waals surface area contributed by atoms with Gasteiger partial charge in [0.05, 0.1) is 0 Å². The molecule has 2 heteroatoms. The number of benzene rings is 1. The Labute approximate surface area is 105 Å². The Morgan fingerprint density at radius 1 is 1.18 bits per heavy atom. The van der Waals surface area contributed by atoms with Crippen LogP contribution in [-0.4, -0.2) is 24.0 Å². The van der Waals surface area contributed by atoms with Crippen LogP contribution in [0.5, 0.6) is 0 Å². The molecule has 2 nitrogen and oxygen atoms in total. The van der Waals surface area contributed by atoms with Crippen molar-refractivity contribution in [1.82, 2.24) is 4.90 Å². The summed E-state index contributed by atoms with van der Waals surface area (Å²) in [6.07, 6.45) is 6.20. The minimum atomic E-state index is 0.130. The average Bonchev–Trinajstić information content (AvgIpc) is 2.76. The van der Waals surface area contributed by atoms with E-state index < -0.39 is 0 Å². The molecule has 2 rings (SSSR count). The van der Waals surface area contributed by atoms with Crippen molar-refractivity contribution >= 4 is 0 Å². The van der Waals surface area contributed by atoms with Gasteiger partial charge in [-0.05, 0) is 38.4 Å². The van der Waals surface area contributed by atoms with Crippen LogP contribution in [0.3, 0.4) is 0 Å². The van der Waals surface area contributed by atoms with Crippen LogP contribution in [0.2, 0.25) is 0 Å². The maximum absolute atomic E-state index is 6.37. The van der Waals surface area contributed by atoms with Gasteiger partial charge in [0.1, 0.15) is 0 Å². The molecule has 2 N–H and O–H groups in total. The van der Waals surface area contributed by atoms with Crippen molar-refractivity contribution in [3.05, 3.63) is 35.9 Å². The molecule has 1 saturated carbocycles. The quantitative estimate of drug-likeness (QED) is 0.846. The lowest BCUT2D eigenvalue weighted by Gasteiger charge is -2.26. The molecule has 0 atom stereocenters. The summed E-state index contributed by atoms with van der Waals surface area (Å²) in [5, 5.41) is 0. The van der Waals surface area contributed by atoms with Crippen molar-refractivity contribution in [2.45, 2.75) is 44.2 Å². The number of nitrogens with zero attached hydrogens (tertiary/aromatic N) is 1. The molecule has 94 valence electrons. The van der Waals surface area contributed by atoms with Gasteiger partial charge in [-0.3, -0.25) is 0 Å². The SMILES string of the molecule is CN(CCC1(N)CCCC1)Cc1ccccc1. The van der Waals surface area contributed by atoms with Crippen molar-refractivity contribution in [1.29, 1.82) is 0 Å². The van der Waals surface area contributed by atoms with Gasteiger partial charge in [0.25, 0.3) is 0 Å². The first-order chi connectivity index (χ1) is 8.18. The Morgan fingerprint density at radius 2 is 1.82 bits per heavy atom. The van der Waals surface area contributed by atoms with Crippen LogP contribution >= 0.6 is 0 Å². The van der Waals surface area contributed by atoms with Crippen LogP contribution in [0.4, 0.5) is 0 Å². The van der Waals surface area contributed by atoms with Crippen LogP contribution < -0.4 is 5.73 Å². The monoisotopic (exact) mass is 232 g/mol. The third-order valence-electron chi connectivity index (χ3n) is 3.89.